The normalized spacial score (nSPS) is 10.3. The molecule has 2 heterocycles. The van der Waals surface area contributed by atoms with E-state index in [-0.39, 0.29) is 5.91 Å². The summed E-state index contributed by atoms with van der Waals surface area (Å²) in [4.78, 5) is 20.8. The fourth-order valence-corrected chi connectivity index (χ4v) is 2.43. The van der Waals surface area contributed by atoms with Crippen molar-refractivity contribution < 1.29 is 9.53 Å². The van der Waals surface area contributed by atoms with Crippen LogP contribution in [0.4, 0.5) is 0 Å². The van der Waals surface area contributed by atoms with Crippen LogP contribution in [0.25, 0.3) is 11.1 Å². The van der Waals surface area contributed by atoms with Gasteiger partial charge in [0.25, 0.3) is 5.91 Å². The fourth-order valence-electron chi connectivity index (χ4n) is 2.43. The quantitative estimate of drug-likeness (QED) is 0.750. The summed E-state index contributed by atoms with van der Waals surface area (Å²) in [5.74, 6) is 0.617. The van der Waals surface area contributed by atoms with Crippen molar-refractivity contribution in [3.63, 3.8) is 0 Å². The predicted molar refractivity (Wildman–Crippen MR) is 96.2 cm³/mol. The SMILES string of the molecule is CCOc1cccc(-c2cncc(C(=O)NCc3ccccn3)c2)c1. The maximum absolute atomic E-state index is 12.4. The Morgan fingerprint density at radius 1 is 1.08 bits per heavy atom. The van der Waals surface area contributed by atoms with Crippen LogP contribution in [0.5, 0.6) is 5.75 Å². The van der Waals surface area contributed by atoms with Crippen LogP contribution < -0.4 is 10.1 Å². The maximum atomic E-state index is 12.4. The largest absolute Gasteiger partial charge is 0.494 e. The molecule has 5 heteroatoms. The highest BCUT2D eigenvalue weighted by Gasteiger charge is 2.09. The third kappa shape index (κ3) is 4.41. The van der Waals surface area contributed by atoms with Crippen LogP contribution in [-0.4, -0.2) is 22.5 Å². The minimum atomic E-state index is -0.180. The summed E-state index contributed by atoms with van der Waals surface area (Å²) in [5, 5.41) is 2.86. The van der Waals surface area contributed by atoms with Gasteiger partial charge in [0.05, 0.1) is 24.4 Å². The van der Waals surface area contributed by atoms with E-state index in [1.807, 2.05) is 55.5 Å². The number of ether oxygens (including phenoxy) is 1. The van der Waals surface area contributed by atoms with Crippen LogP contribution in [-0.2, 0) is 6.54 Å². The number of carbonyl (C=O) groups excluding carboxylic acids is 1. The number of aromatic nitrogens is 2. The molecule has 0 unspecified atom stereocenters. The van der Waals surface area contributed by atoms with E-state index >= 15 is 0 Å². The van der Waals surface area contributed by atoms with Crippen molar-refractivity contribution in [1.82, 2.24) is 15.3 Å². The smallest absolute Gasteiger partial charge is 0.253 e. The summed E-state index contributed by atoms with van der Waals surface area (Å²) < 4.78 is 5.53. The van der Waals surface area contributed by atoms with E-state index in [2.05, 4.69) is 15.3 Å². The third-order valence-electron chi connectivity index (χ3n) is 3.64. The van der Waals surface area contributed by atoms with Gasteiger partial charge in [0, 0.05) is 24.2 Å². The highest BCUT2D eigenvalue weighted by Crippen LogP contribution is 2.24. The molecular formula is C20H19N3O2. The second-order valence-electron chi connectivity index (χ2n) is 5.43. The van der Waals surface area contributed by atoms with Gasteiger partial charge in [-0.2, -0.15) is 0 Å². The number of carbonyl (C=O) groups is 1. The number of nitrogens with zero attached hydrogens (tertiary/aromatic N) is 2. The second-order valence-corrected chi connectivity index (χ2v) is 5.43. The Bertz CT molecular complexity index is 850. The first-order chi connectivity index (χ1) is 12.3. The van der Waals surface area contributed by atoms with E-state index in [1.165, 1.54) is 0 Å². The van der Waals surface area contributed by atoms with Gasteiger partial charge in [0.15, 0.2) is 0 Å². The molecule has 0 atom stereocenters. The second kappa shape index (κ2) is 8.06. The van der Waals surface area contributed by atoms with Crippen LogP contribution in [0.2, 0.25) is 0 Å². The van der Waals surface area contributed by atoms with Gasteiger partial charge in [0.1, 0.15) is 5.75 Å². The summed E-state index contributed by atoms with van der Waals surface area (Å²) in [5.41, 5.74) is 3.14. The predicted octanol–water partition coefficient (Wildman–Crippen LogP) is 3.47. The van der Waals surface area contributed by atoms with Crippen molar-refractivity contribution in [2.45, 2.75) is 13.5 Å². The molecule has 3 rings (SSSR count). The van der Waals surface area contributed by atoms with E-state index in [4.69, 9.17) is 4.74 Å². The lowest BCUT2D eigenvalue weighted by atomic mass is 10.1. The van der Waals surface area contributed by atoms with Gasteiger partial charge >= 0.3 is 0 Å². The van der Waals surface area contributed by atoms with Crippen LogP contribution in [0.1, 0.15) is 23.0 Å². The Balaban J connectivity index is 1.74. The van der Waals surface area contributed by atoms with Gasteiger partial charge < -0.3 is 10.1 Å². The van der Waals surface area contributed by atoms with Gasteiger partial charge in [-0.1, -0.05) is 18.2 Å². The van der Waals surface area contributed by atoms with Crippen LogP contribution in [0, 0.1) is 0 Å². The molecular weight excluding hydrogens is 314 g/mol. The average Bonchev–Trinajstić information content (AvgIpc) is 2.67. The minimum absolute atomic E-state index is 0.180. The highest BCUT2D eigenvalue weighted by molar-refractivity contribution is 5.95. The molecule has 0 saturated carbocycles. The minimum Gasteiger partial charge on any atom is -0.494 e. The molecule has 0 fully saturated rings. The number of benzene rings is 1. The van der Waals surface area contributed by atoms with Crippen molar-refractivity contribution in [3.05, 3.63) is 78.4 Å². The molecule has 25 heavy (non-hydrogen) atoms. The maximum Gasteiger partial charge on any atom is 0.253 e. The molecule has 126 valence electrons. The standard InChI is InChI=1S/C20H19N3O2/c1-2-25-19-8-5-6-15(11-19)16-10-17(13-21-12-16)20(24)23-14-18-7-3-4-9-22-18/h3-13H,2,14H2,1H3,(H,23,24). The molecule has 0 spiro atoms. The van der Waals surface area contributed by atoms with Gasteiger partial charge in [0.2, 0.25) is 0 Å². The van der Waals surface area contributed by atoms with Gasteiger partial charge in [-0.3, -0.25) is 14.8 Å². The van der Waals surface area contributed by atoms with Crippen LogP contribution in [0.3, 0.4) is 0 Å². The lowest BCUT2D eigenvalue weighted by Gasteiger charge is -2.08. The zero-order valence-electron chi connectivity index (χ0n) is 14.0. The van der Waals surface area contributed by atoms with E-state index in [9.17, 15) is 4.79 Å². The lowest BCUT2D eigenvalue weighted by Crippen LogP contribution is -2.23. The van der Waals surface area contributed by atoms with E-state index in [1.54, 1.807) is 18.6 Å². The molecule has 5 nitrogen and oxygen atoms in total. The molecule has 3 aromatic rings. The molecule has 0 aliphatic heterocycles. The highest BCUT2D eigenvalue weighted by atomic mass is 16.5. The first kappa shape index (κ1) is 16.6. The zero-order chi connectivity index (χ0) is 17.5. The number of pyridine rings is 2. The Morgan fingerprint density at radius 3 is 2.80 bits per heavy atom. The Hall–Kier alpha value is -3.21. The van der Waals surface area contributed by atoms with Gasteiger partial charge in [-0.15, -0.1) is 0 Å². The van der Waals surface area contributed by atoms with Crippen LogP contribution >= 0.6 is 0 Å². The molecule has 0 radical (unpaired) electrons. The van der Waals surface area contributed by atoms with Crippen LogP contribution in [0.15, 0.2) is 67.1 Å². The van der Waals surface area contributed by atoms with Crippen molar-refractivity contribution in [3.8, 4) is 16.9 Å². The number of nitrogens with one attached hydrogen (secondary N) is 1. The van der Waals surface area contributed by atoms with Crippen molar-refractivity contribution in [2.75, 3.05) is 6.61 Å². The van der Waals surface area contributed by atoms with Gasteiger partial charge in [-0.05, 0) is 42.8 Å². The van der Waals surface area contributed by atoms with E-state index in [0.29, 0.717) is 18.7 Å². The van der Waals surface area contributed by atoms with E-state index in [0.717, 1.165) is 22.6 Å². The van der Waals surface area contributed by atoms with E-state index < -0.39 is 0 Å². The molecule has 0 saturated heterocycles. The molecule has 1 N–H and O–H groups in total. The molecule has 0 bridgehead atoms. The summed E-state index contributed by atoms with van der Waals surface area (Å²) in [7, 11) is 0. The average molecular weight is 333 g/mol. The summed E-state index contributed by atoms with van der Waals surface area (Å²) in [6.07, 6.45) is 5.00. The molecule has 2 aromatic heterocycles. The van der Waals surface area contributed by atoms with Crippen molar-refractivity contribution >= 4 is 5.91 Å². The third-order valence-corrected chi connectivity index (χ3v) is 3.64. The monoisotopic (exact) mass is 333 g/mol. The van der Waals surface area contributed by atoms with Crippen molar-refractivity contribution in [2.24, 2.45) is 0 Å². The first-order valence-corrected chi connectivity index (χ1v) is 8.12. The number of hydrogen-bond donors (Lipinski definition) is 1. The zero-order valence-corrected chi connectivity index (χ0v) is 14.0. The topological polar surface area (TPSA) is 64.1 Å². The van der Waals surface area contributed by atoms with Crippen molar-refractivity contribution in [1.29, 1.82) is 0 Å². The summed E-state index contributed by atoms with van der Waals surface area (Å²) >= 11 is 0. The Morgan fingerprint density at radius 2 is 2.00 bits per heavy atom. The van der Waals surface area contributed by atoms with Gasteiger partial charge in [-0.25, -0.2) is 0 Å². The fraction of sp³-hybridized carbons (Fsp3) is 0.150. The molecule has 0 aliphatic carbocycles. The number of hydrogen-bond acceptors (Lipinski definition) is 4. The molecule has 1 aromatic carbocycles. The number of rotatable bonds is 6. The number of amides is 1. The first-order valence-electron chi connectivity index (χ1n) is 8.12. The summed E-state index contributed by atoms with van der Waals surface area (Å²) in [6, 6.07) is 15.2. The lowest BCUT2D eigenvalue weighted by molar-refractivity contribution is 0.0950. The Labute approximate surface area is 146 Å². The summed E-state index contributed by atoms with van der Waals surface area (Å²) in [6.45, 7) is 2.93. The molecule has 0 aliphatic rings. The molecule has 1 amide bonds. The Kier molecular flexibility index (Phi) is 5.36.